The molecule has 12 heavy (non-hydrogen) atoms. The maximum atomic E-state index is 5.43. The van der Waals surface area contributed by atoms with E-state index in [4.69, 9.17) is 4.42 Å². The molecule has 2 rings (SSSR count). The molecule has 0 amide bonds. The van der Waals surface area contributed by atoms with Crippen molar-refractivity contribution in [2.24, 2.45) is 0 Å². The fourth-order valence-electron chi connectivity index (χ4n) is 1.45. The Labute approximate surface area is 71.4 Å². The number of nitrogens with one attached hydrogen (secondary N) is 1. The van der Waals surface area contributed by atoms with Crippen molar-refractivity contribution in [2.45, 2.75) is 32.2 Å². The molecule has 0 bridgehead atoms. The van der Waals surface area contributed by atoms with Crippen LogP contribution in [0.3, 0.4) is 0 Å². The number of aryl methyl sites for hydroxylation is 1. The van der Waals surface area contributed by atoms with Crippen LogP contribution in [0.1, 0.15) is 37.6 Å². The predicted molar refractivity (Wildman–Crippen MR) is 43.7 cm³/mol. The molecule has 1 N–H and O–H groups in total. The van der Waals surface area contributed by atoms with Gasteiger partial charge in [0.25, 0.3) is 0 Å². The minimum Gasteiger partial charge on any atom is -0.424 e. The number of nitrogens with zero attached hydrogens (tertiary/aromatic N) is 2. The highest BCUT2D eigenvalue weighted by atomic mass is 16.4. The van der Waals surface area contributed by atoms with Gasteiger partial charge in [0.2, 0.25) is 11.8 Å². The van der Waals surface area contributed by atoms with Gasteiger partial charge in [-0.2, -0.15) is 0 Å². The molecule has 66 valence electrons. The van der Waals surface area contributed by atoms with Gasteiger partial charge in [0, 0.05) is 6.42 Å². The summed E-state index contributed by atoms with van der Waals surface area (Å²) in [5.74, 6) is 1.49. The van der Waals surface area contributed by atoms with Crippen molar-refractivity contribution in [3.8, 4) is 0 Å². The molecule has 1 saturated heterocycles. The normalized spacial score (nSPS) is 23.2. The van der Waals surface area contributed by atoms with E-state index in [0.717, 1.165) is 31.2 Å². The maximum Gasteiger partial charge on any atom is 0.233 e. The van der Waals surface area contributed by atoms with Crippen LogP contribution >= 0.6 is 0 Å². The molecule has 0 spiro atoms. The Hall–Kier alpha value is -0.900. The summed E-state index contributed by atoms with van der Waals surface area (Å²) in [6.45, 7) is 3.08. The average Bonchev–Trinajstić information content (AvgIpc) is 2.75. The lowest BCUT2D eigenvalue weighted by molar-refractivity contribution is 0.405. The van der Waals surface area contributed by atoms with Crippen LogP contribution in [0.4, 0.5) is 0 Å². The zero-order valence-electron chi connectivity index (χ0n) is 7.21. The molecule has 0 aliphatic carbocycles. The summed E-state index contributed by atoms with van der Waals surface area (Å²) in [6.07, 6.45) is 3.14. The number of hydrogen-bond donors (Lipinski definition) is 1. The largest absolute Gasteiger partial charge is 0.424 e. The van der Waals surface area contributed by atoms with Crippen molar-refractivity contribution >= 4 is 0 Å². The topological polar surface area (TPSA) is 51.0 Å². The van der Waals surface area contributed by atoms with Crippen LogP contribution in [0, 0.1) is 0 Å². The molecule has 0 aromatic carbocycles. The zero-order valence-corrected chi connectivity index (χ0v) is 7.21. The Morgan fingerprint density at radius 3 is 3.08 bits per heavy atom. The number of hydrogen-bond acceptors (Lipinski definition) is 4. The molecule has 1 aliphatic heterocycles. The van der Waals surface area contributed by atoms with Crippen LogP contribution in [0.5, 0.6) is 0 Å². The zero-order chi connectivity index (χ0) is 8.39. The van der Waals surface area contributed by atoms with Crippen molar-refractivity contribution in [3.63, 3.8) is 0 Å². The molecule has 1 aromatic heterocycles. The monoisotopic (exact) mass is 167 g/mol. The average molecular weight is 167 g/mol. The van der Waals surface area contributed by atoms with Crippen molar-refractivity contribution < 1.29 is 4.42 Å². The third kappa shape index (κ3) is 1.34. The van der Waals surface area contributed by atoms with Gasteiger partial charge in [-0.3, -0.25) is 0 Å². The van der Waals surface area contributed by atoms with Gasteiger partial charge in [-0.05, 0) is 19.4 Å². The van der Waals surface area contributed by atoms with Crippen LogP contribution in [-0.4, -0.2) is 16.7 Å². The summed E-state index contributed by atoms with van der Waals surface area (Å²) in [5, 5.41) is 11.2. The van der Waals surface area contributed by atoms with Crippen LogP contribution in [0.15, 0.2) is 4.42 Å². The Morgan fingerprint density at radius 1 is 1.58 bits per heavy atom. The lowest BCUT2D eigenvalue weighted by Gasteiger charge is -2.01. The third-order valence-corrected chi connectivity index (χ3v) is 2.14. The summed E-state index contributed by atoms with van der Waals surface area (Å²) >= 11 is 0. The molecule has 0 saturated carbocycles. The molecule has 1 aliphatic rings. The first-order valence-corrected chi connectivity index (χ1v) is 4.46. The third-order valence-electron chi connectivity index (χ3n) is 2.14. The van der Waals surface area contributed by atoms with E-state index in [2.05, 4.69) is 15.5 Å². The second-order valence-electron chi connectivity index (χ2n) is 3.04. The molecular formula is C8H13N3O. The predicted octanol–water partition coefficient (Wildman–Crippen LogP) is 1.06. The summed E-state index contributed by atoms with van der Waals surface area (Å²) in [6, 6.07) is 0.304. The lowest BCUT2D eigenvalue weighted by Crippen LogP contribution is -2.12. The lowest BCUT2D eigenvalue weighted by atomic mass is 10.2. The first-order valence-electron chi connectivity index (χ1n) is 4.46. The van der Waals surface area contributed by atoms with Crippen LogP contribution in [-0.2, 0) is 6.42 Å². The minimum absolute atomic E-state index is 0.304. The standard InChI is InChI=1S/C8H13N3O/c1-2-7-10-11-8(12-7)6-4-3-5-9-6/h6,9H,2-5H2,1H3/t6-/m0/s1. The molecule has 4 nitrogen and oxygen atoms in total. The van der Waals surface area contributed by atoms with E-state index in [1.165, 1.54) is 6.42 Å². The SMILES string of the molecule is CCc1nnc([C@@H]2CCCN2)o1. The Kier molecular flexibility index (Phi) is 2.08. The smallest absolute Gasteiger partial charge is 0.233 e. The van der Waals surface area contributed by atoms with E-state index in [9.17, 15) is 0 Å². The highest BCUT2D eigenvalue weighted by molar-refractivity contribution is 4.92. The van der Waals surface area contributed by atoms with E-state index in [1.807, 2.05) is 6.92 Å². The van der Waals surface area contributed by atoms with Crippen LogP contribution in [0.25, 0.3) is 0 Å². The molecule has 0 radical (unpaired) electrons. The summed E-state index contributed by atoms with van der Waals surface area (Å²) < 4.78 is 5.43. The first kappa shape index (κ1) is 7.73. The van der Waals surface area contributed by atoms with Gasteiger partial charge in [-0.1, -0.05) is 6.92 Å². The summed E-state index contributed by atoms with van der Waals surface area (Å²) in [4.78, 5) is 0. The van der Waals surface area contributed by atoms with Crippen molar-refractivity contribution in [2.75, 3.05) is 6.54 Å². The van der Waals surface area contributed by atoms with E-state index in [-0.39, 0.29) is 0 Å². The quantitative estimate of drug-likeness (QED) is 0.715. The highest BCUT2D eigenvalue weighted by Gasteiger charge is 2.21. The van der Waals surface area contributed by atoms with Gasteiger partial charge in [0.15, 0.2) is 0 Å². The van der Waals surface area contributed by atoms with Crippen LogP contribution < -0.4 is 5.32 Å². The van der Waals surface area contributed by atoms with E-state index < -0.39 is 0 Å². The highest BCUT2D eigenvalue weighted by Crippen LogP contribution is 2.21. The maximum absolute atomic E-state index is 5.43. The minimum atomic E-state index is 0.304. The molecule has 1 aromatic rings. The fraction of sp³-hybridized carbons (Fsp3) is 0.750. The van der Waals surface area contributed by atoms with Gasteiger partial charge in [-0.15, -0.1) is 10.2 Å². The van der Waals surface area contributed by atoms with Crippen LogP contribution in [0.2, 0.25) is 0 Å². The molecule has 2 heterocycles. The second-order valence-corrected chi connectivity index (χ2v) is 3.04. The Balaban J connectivity index is 2.11. The van der Waals surface area contributed by atoms with Crippen molar-refractivity contribution in [3.05, 3.63) is 11.8 Å². The molecular weight excluding hydrogens is 154 g/mol. The van der Waals surface area contributed by atoms with Gasteiger partial charge >= 0.3 is 0 Å². The summed E-state index contributed by atoms with van der Waals surface area (Å²) in [7, 11) is 0. The summed E-state index contributed by atoms with van der Waals surface area (Å²) in [5.41, 5.74) is 0. The van der Waals surface area contributed by atoms with Crippen molar-refractivity contribution in [1.82, 2.24) is 15.5 Å². The molecule has 0 unspecified atom stereocenters. The molecule has 4 heteroatoms. The molecule has 1 atom stereocenters. The Morgan fingerprint density at radius 2 is 2.50 bits per heavy atom. The Bertz CT molecular complexity index is 253. The number of rotatable bonds is 2. The van der Waals surface area contributed by atoms with Gasteiger partial charge in [0.05, 0.1) is 6.04 Å². The fourth-order valence-corrected chi connectivity index (χ4v) is 1.45. The van der Waals surface area contributed by atoms with E-state index in [0.29, 0.717) is 6.04 Å². The molecule has 1 fully saturated rings. The van der Waals surface area contributed by atoms with Gasteiger partial charge in [0.1, 0.15) is 0 Å². The van der Waals surface area contributed by atoms with E-state index in [1.54, 1.807) is 0 Å². The van der Waals surface area contributed by atoms with Gasteiger partial charge in [-0.25, -0.2) is 0 Å². The van der Waals surface area contributed by atoms with E-state index >= 15 is 0 Å². The number of aromatic nitrogens is 2. The van der Waals surface area contributed by atoms with Crippen molar-refractivity contribution in [1.29, 1.82) is 0 Å². The first-order chi connectivity index (χ1) is 5.90. The second kappa shape index (κ2) is 3.23. The van der Waals surface area contributed by atoms with Gasteiger partial charge < -0.3 is 9.73 Å².